The zero-order valence-electron chi connectivity index (χ0n) is 53.8. The molecule has 0 saturated carbocycles. The third kappa shape index (κ3) is 25.6. The lowest BCUT2D eigenvalue weighted by Crippen LogP contribution is -2.56. The first-order valence-electron chi connectivity index (χ1n) is 32.1. The Kier molecular flexibility index (Phi) is 30.6. The number of esters is 1. The van der Waals surface area contributed by atoms with Crippen LogP contribution in [-0.2, 0) is 59.3 Å². The summed E-state index contributed by atoms with van der Waals surface area (Å²) in [6, 6.07) is 22.8. The maximum Gasteiger partial charge on any atom is 0.407 e. The van der Waals surface area contributed by atoms with Crippen LogP contribution in [0.1, 0.15) is 139 Å². The second kappa shape index (κ2) is 39.1. The van der Waals surface area contributed by atoms with Crippen molar-refractivity contribution in [2.75, 3.05) is 58.9 Å². The molecule has 0 unspecified atom stereocenters. The van der Waals surface area contributed by atoms with Crippen LogP contribution in [0.3, 0.4) is 0 Å². The summed E-state index contributed by atoms with van der Waals surface area (Å²) in [6.07, 6.45) is 5.26. The van der Waals surface area contributed by atoms with Gasteiger partial charge in [-0.25, -0.2) is 19.4 Å². The van der Waals surface area contributed by atoms with E-state index in [0.717, 1.165) is 51.7 Å². The number of nitrogens with one attached hydrogen (secondary N) is 8. The number of amides is 9. The lowest BCUT2D eigenvalue weighted by Gasteiger charge is -2.32. The first-order valence-corrected chi connectivity index (χ1v) is 34.9. The Morgan fingerprint density at radius 3 is 2.01 bits per heavy atom. The third-order valence-corrected chi connectivity index (χ3v) is 19.1. The van der Waals surface area contributed by atoms with Crippen LogP contribution >= 0.6 is 34.4 Å². The second-order valence-corrected chi connectivity index (χ2v) is 27.0. The average Bonchev–Trinajstić information content (AvgIpc) is 1.83. The first kappa shape index (κ1) is 72.8. The molecule has 3 aromatic carbocycles. The van der Waals surface area contributed by atoms with Gasteiger partial charge in [-0.15, -0.1) is 22.7 Å². The van der Waals surface area contributed by atoms with E-state index in [-0.39, 0.29) is 93.2 Å². The number of benzene rings is 3. The van der Waals surface area contributed by atoms with Crippen LogP contribution in [0.2, 0.25) is 0 Å². The van der Waals surface area contributed by atoms with Gasteiger partial charge in [-0.05, 0) is 79.8 Å². The zero-order valence-corrected chi connectivity index (χ0v) is 56.3. The number of thioether (sulfide) groups is 1. The normalized spacial score (nSPS) is 16.2. The van der Waals surface area contributed by atoms with Gasteiger partial charge in [-0.2, -0.15) is 11.8 Å². The highest BCUT2D eigenvalue weighted by atomic mass is 32.2. The minimum atomic E-state index is -0.989. The van der Waals surface area contributed by atoms with Gasteiger partial charge in [0.1, 0.15) is 18.8 Å². The van der Waals surface area contributed by atoms with E-state index < -0.39 is 48.2 Å². The Morgan fingerprint density at radius 1 is 0.710 bits per heavy atom. The Morgan fingerprint density at radius 2 is 1.37 bits per heavy atom. The highest BCUT2D eigenvalue weighted by Crippen LogP contribution is 2.33. The van der Waals surface area contributed by atoms with Crippen LogP contribution in [0.15, 0.2) is 102 Å². The number of hydrogen-bond acceptors (Lipinski definition) is 17. The fraction of sp³-hybridized carbons (Fsp3) is 0.522. The molecule has 0 aliphatic carbocycles. The summed E-state index contributed by atoms with van der Waals surface area (Å²) < 4.78 is 23.2. The van der Waals surface area contributed by atoms with Crippen LogP contribution in [0.25, 0.3) is 0 Å². The van der Waals surface area contributed by atoms with Gasteiger partial charge in [-0.1, -0.05) is 101 Å². The number of nitrogens with zero attached hydrogens (tertiary/aromatic N) is 3. The largest absolute Gasteiger partial charge is 0.460 e. The summed E-state index contributed by atoms with van der Waals surface area (Å²) in [5.74, 6) is -0.735. The predicted molar refractivity (Wildman–Crippen MR) is 359 cm³/mol. The fourth-order valence-corrected chi connectivity index (χ4v) is 13.5. The predicted octanol–water partition coefficient (Wildman–Crippen LogP) is 8.05. The number of hydrogen-bond donors (Lipinski definition) is 8. The summed E-state index contributed by atoms with van der Waals surface area (Å²) in [6.45, 7) is 10.3. The quantitative estimate of drug-likeness (QED) is 0.0105. The van der Waals surface area contributed by atoms with Crippen LogP contribution in [-0.4, -0.2) is 163 Å². The Labute approximate surface area is 557 Å². The number of alkyl carbamates (subject to hydrolysis) is 1. The molecule has 93 heavy (non-hydrogen) atoms. The molecule has 26 heteroatoms. The molecule has 2 aromatic heterocycles. The smallest absolute Gasteiger partial charge is 0.407 e. The number of ether oxygens (including phenoxy) is 4. The molecule has 7 rings (SSSR count). The summed E-state index contributed by atoms with van der Waals surface area (Å²) in [4.78, 5) is 117. The molecule has 0 spiro atoms. The number of unbranched alkanes of at least 4 members (excludes halogenated alkanes) is 3. The Bertz CT molecular complexity index is 3130. The molecule has 9 amide bonds. The van der Waals surface area contributed by atoms with E-state index in [9.17, 15) is 38.4 Å². The van der Waals surface area contributed by atoms with Gasteiger partial charge in [0.15, 0.2) is 0 Å². The summed E-state index contributed by atoms with van der Waals surface area (Å²) >= 11 is 4.76. The molecule has 5 aromatic rings. The van der Waals surface area contributed by atoms with Crippen molar-refractivity contribution in [3.8, 4) is 0 Å². The minimum Gasteiger partial charge on any atom is -0.460 e. The second-order valence-electron chi connectivity index (χ2n) is 23.8. The molecular weight excluding hydrogens is 1250 g/mol. The van der Waals surface area contributed by atoms with Gasteiger partial charge >= 0.3 is 24.1 Å². The van der Waals surface area contributed by atoms with E-state index in [1.54, 1.807) is 54.4 Å². The van der Waals surface area contributed by atoms with Crippen molar-refractivity contribution < 1.29 is 57.3 Å². The van der Waals surface area contributed by atoms with Crippen LogP contribution in [0.4, 0.5) is 14.4 Å². The SMILES string of the molecule is CC(C)c1nc(CN(C)C(=O)N[C@H](C(=O)N[C@@H](Cc2ccccc2)C[C@H](OC(=O)CCCCCNC(=O)c2ccc(C(=O)NCCOCCOCCNC(=O)CCCC[C@@H]3SC[C@@H]4NC(=O)N[C@@H]43)cc2)[C@H](Cc2ccccc2)NC(=O)OCc2cncs2)C(C)C)cs1. The number of carbonyl (C=O) groups excluding carboxylic acids is 8. The molecule has 2 aliphatic heterocycles. The molecule has 23 nitrogen and oxygen atoms in total. The Balaban J connectivity index is 0.849. The Hall–Kier alpha value is -7.65. The summed E-state index contributed by atoms with van der Waals surface area (Å²) in [7, 11) is 1.66. The fourth-order valence-electron chi connectivity index (χ4n) is 10.7. The lowest BCUT2D eigenvalue weighted by molar-refractivity contribution is -0.151. The number of aromatic nitrogens is 2. The van der Waals surface area contributed by atoms with Crippen molar-refractivity contribution in [2.24, 2.45) is 5.92 Å². The van der Waals surface area contributed by atoms with Gasteiger partial charge in [0.05, 0.1) is 72.2 Å². The van der Waals surface area contributed by atoms with E-state index in [4.69, 9.17) is 18.9 Å². The number of fused-ring (bicyclic) bond motifs is 1. The van der Waals surface area contributed by atoms with Gasteiger partial charge in [0.25, 0.3) is 11.8 Å². The number of urea groups is 2. The standard InChI is InChI=1S/C67H91N11O12S3/c1-44(2)59(77-66(85)78(5)39-51-41-92-64(73-51)45(3)4)63(83)72-50(35-46-17-9-6-10-18-46)37-55(53(36-47-19-11-7-12-20-47)75-67(86)89-40-52-38-68-43-93-52)90-58(80)23-13-8-16-28-70-61(81)48-24-26-49(27-25-48)62(82)71-30-32-88-34-33-87-31-29-69-57(79)22-15-14-21-56-60-54(42-91-56)74-65(84)76-60/h6-7,9-12,17-20,24-27,38,41,43-45,50,53-56,59-60H,8,13-16,21-23,28-37,39-40,42H2,1-5H3,(H,69,79)(H,70,81)(H,71,82)(H,72,83)(H,75,86)(H,77,85)(H2,74,76,84)/t50-,53-,54-,55-,56-,59-,60-/m0/s1. The van der Waals surface area contributed by atoms with E-state index in [2.05, 4.69) is 66.3 Å². The zero-order chi connectivity index (χ0) is 66.3. The van der Waals surface area contributed by atoms with E-state index in [0.29, 0.717) is 81.4 Å². The highest BCUT2D eigenvalue weighted by molar-refractivity contribution is 8.00. The topological polar surface area (TPSA) is 299 Å². The van der Waals surface area contributed by atoms with E-state index >= 15 is 0 Å². The van der Waals surface area contributed by atoms with Crippen LogP contribution in [0, 0.1) is 5.92 Å². The molecule has 4 heterocycles. The highest BCUT2D eigenvalue weighted by Gasteiger charge is 2.42. The van der Waals surface area contributed by atoms with Gasteiger partial charge in [0.2, 0.25) is 11.8 Å². The monoisotopic (exact) mass is 1340 g/mol. The maximum atomic E-state index is 14.5. The number of rotatable bonds is 40. The molecule has 2 aliphatic rings. The van der Waals surface area contributed by atoms with Gasteiger partial charge < -0.3 is 66.4 Å². The van der Waals surface area contributed by atoms with Crippen LogP contribution < -0.4 is 42.5 Å². The first-order chi connectivity index (χ1) is 45.0. The molecule has 504 valence electrons. The van der Waals surface area contributed by atoms with Crippen molar-refractivity contribution in [1.82, 2.24) is 57.4 Å². The van der Waals surface area contributed by atoms with Crippen molar-refractivity contribution in [2.45, 2.75) is 159 Å². The molecule has 8 N–H and O–H groups in total. The van der Waals surface area contributed by atoms with Crippen LogP contribution in [0.5, 0.6) is 0 Å². The molecule has 2 fully saturated rings. The van der Waals surface area contributed by atoms with E-state index in [1.165, 1.54) is 16.2 Å². The molecule has 0 radical (unpaired) electrons. The van der Waals surface area contributed by atoms with Gasteiger partial charge in [0, 0.05) is 91.6 Å². The lowest BCUT2D eigenvalue weighted by atomic mass is 9.92. The molecular formula is C67H91N11O12S3. The number of thiazole rings is 2. The minimum absolute atomic E-state index is 0.0146. The molecule has 7 atom stereocenters. The third-order valence-electron chi connectivity index (χ3n) is 15.7. The molecule has 0 bridgehead atoms. The molecule has 2 saturated heterocycles. The summed E-state index contributed by atoms with van der Waals surface area (Å²) in [5, 5.41) is 27.0. The van der Waals surface area contributed by atoms with Crippen molar-refractivity contribution in [1.29, 1.82) is 0 Å². The number of carbonyl (C=O) groups is 8. The summed E-state index contributed by atoms with van der Waals surface area (Å²) in [5.41, 5.74) is 4.91. The van der Waals surface area contributed by atoms with Gasteiger partial charge in [-0.3, -0.25) is 29.0 Å². The van der Waals surface area contributed by atoms with E-state index in [1.807, 2.05) is 91.7 Å². The van der Waals surface area contributed by atoms with Crippen molar-refractivity contribution in [3.63, 3.8) is 0 Å². The van der Waals surface area contributed by atoms with Crippen molar-refractivity contribution in [3.05, 3.63) is 140 Å². The average molecular weight is 1340 g/mol. The maximum absolute atomic E-state index is 14.5. The van der Waals surface area contributed by atoms with Crippen molar-refractivity contribution >= 4 is 82.2 Å².